The van der Waals surface area contributed by atoms with E-state index < -0.39 is 10.0 Å². The van der Waals surface area contributed by atoms with Crippen LogP contribution < -0.4 is 4.90 Å². The summed E-state index contributed by atoms with van der Waals surface area (Å²) in [6, 6.07) is 15.1. The number of rotatable bonds is 4. The summed E-state index contributed by atoms with van der Waals surface area (Å²) in [6.45, 7) is 5.62. The number of anilines is 1. The number of hydrogen-bond acceptors (Lipinski definition) is 6. The minimum absolute atomic E-state index is 0.376. The third kappa shape index (κ3) is 3.38. The van der Waals surface area contributed by atoms with Crippen molar-refractivity contribution in [2.45, 2.75) is 18.7 Å². The van der Waals surface area contributed by atoms with E-state index >= 15 is 0 Å². The smallest absolute Gasteiger partial charge is 0.250 e. The minimum atomic E-state index is -3.52. The number of hydrogen-bond donors (Lipinski definition) is 0. The SMILES string of the molecule is Cc1ccc(S(=O)(=O)N2CCN(c3nnnn3-c3ccccc3)CC2)c(C)c1. The van der Waals surface area contributed by atoms with Gasteiger partial charge in [-0.05, 0) is 48.0 Å². The molecule has 0 amide bonds. The second-order valence-corrected chi connectivity index (χ2v) is 8.79. The molecule has 1 saturated heterocycles. The maximum Gasteiger partial charge on any atom is 0.250 e. The van der Waals surface area contributed by atoms with E-state index in [9.17, 15) is 8.42 Å². The molecule has 4 rings (SSSR count). The molecule has 1 aliphatic rings. The van der Waals surface area contributed by atoms with Crippen molar-refractivity contribution in [1.29, 1.82) is 0 Å². The highest BCUT2D eigenvalue weighted by atomic mass is 32.2. The lowest BCUT2D eigenvalue weighted by molar-refractivity contribution is 0.381. The predicted molar refractivity (Wildman–Crippen MR) is 106 cm³/mol. The summed E-state index contributed by atoms with van der Waals surface area (Å²) in [4.78, 5) is 2.39. The van der Waals surface area contributed by atoms with Crippen LogP contribution in [-0.4, -0.2) is 59.1 Å². The second-order valence-electron chi connectivity index (χ2n) is 6.89. The van der Waals surface area contributed by atoms with Gasteiger partial charge in [0.1, 0.15) is 0 Å². The van der Waals surface area contributed by atoms with Gasteiger partial charge in [-0.25, -0.2) is 8.42 Å². The molecule has 28 heavy (non-hydrogen) atoms. The van der Waals surface area contributed by atoms with Gasteiger partial charge < -0.3 is 4.90 Å². The van der Waals surface area contributed by atoms with E-state index in [1.807, 2.05) is 61.2 Å². The summed E-state index contributed by atoms with van der Waals surface area (Å²) in [5.74, 6) is 0.620. The van der Waals surface area contributed by atoms with Crippen LogP contribution in [-0.2, 0) is 10.0 Å². The van der Waals surface area contributed by atoms with Crippen LogP contribution in [0.3, 0.4) is 0 Å². The summed E-state index contributed by atoms with van der Waals surface area (Å²) in [6.07, 6.45) is 0. The third-order valence-corrected chi connectivity index (χ3v) is 6.98. The maximum atomic E-state index is 13.1. The molecule has 2 aromatic carbocycles. The van der Waals surface area contributed by atoms with Crippen molar-refractivity contribution in [3.05, 3.63) is 59.7 Å². The van der Waals surface area contributed by atoms with Crippen LogP contribution in [0.2, 0.25) is 0 Å². The Bertz CT molecular complexity index is 1070. The average Bonchev–Trinajstić information content (AvgIpc) is 3.18. The van der Waals surface area contributed by atoms with Gasteiger partial charge >= 0.3 is 0 Å². The molecule has 1 fully saturated rings. The summed E-state index contributed by atoms with van der Waals surface area (Å²) in [5, 5.41) is 12.0. The Labute approximate surface area is 164 Å². The Balaban J connectivity index is 1.52. The summed E-state index contributed by atoms with van der Waals surface area (Å²) in [5.41, 5.74) is 2.69. The number of nitrogens with zero attached hydrogens (tertiary/aromatic N) is 6. The highest BCUT2D eigenvalue weighted by Crippen LogP contribution is 2.24. The molecular formula is C19H22N6O2S. The number of piperazine rings is 1. The third-order valence-electron chi connectivity index (χ3n) is 4.92. The molecule has 0 N–H and O–H groups in total. The highest BCUT2D eigenvalue weighted by molar-refractivity contribution is 7.89. The molecule has 9 heteroatoms. The molecule has 146 valence electrons. The number of aromatic nitrogens is 4. The van der Waals surface area contributed by atoms with Crippen molar-refractivity contribution < 1.29 is 8.42 Å². The van der Waals surface area contributed by atoms with Gasteiger partial charge in [0, 0.05) is 26.2 Å². The highest BCUT2D eigenvalue weighted by Gasteiger charge is 2.31. The lowest BCUT2D eigenvalue weighted by Crippen LogP contribution is -2.49. The first-order chi connectivity index (χ1) is 13.5. The van der Waals surface area contributed by atoms with Gasteiger partial charge in [-0.3, -0.25) is 0 Å². The van der Waals surface area contributed by atoms with Crippen LogP contribution in [0, 0.1) is 13.8 Å². The average molecular weight is 398 g/mol. The van der Waals surface area contributed by atoms with Gasteiger partial charge in [0.15, 0.2) is 0 Å². The zero-order valence-electron chi connectivity index (χ0n) is 15.9. The van der Waals surface area contributed by atoms with Gasteiger partial charge in [0.2, 0.25) is 16.0 Å². The largest absolute Gasteiger partial charge is 0.337 e. The molecule has 1 aliphatic heterocycles. The molecule has 0 bridgehead atoms. The van der Waals surface area contributed by atoms with Crippen LogP contribution in [0.25, 0.3) is 5.69 Å². The van der Waals surface area contributed by atoms with Gasteiger partial charge in [0.05, 0.1) is 10.6 Å². The van der Waals surface area contributed by atoms with Crippen molar-refractivity contribution in [2.24, 2.45) is 0 Å². The Morgan fingerprint density at radius 1 is 0.929 bits per heavy atom. The standard InChI is InChI=1S/C19H22N6O2S/c1-15-8-9-18(16(2)14-15)28(26,27)24-12-10-23(11-13-24)19-20-21-22-25(19)17-6-4-3-5-7-17/h3-9,14H,10-13H2,1-2H3. The zero-order chi connectivity index (χ0) is 19.7. The molecule has 0 atom stereocenters. The zero-order valence-corrected chi connectivity index (χ0v) is 16.7. The molecule has 0 radical (unpaired) electrons. The van der Waals surface area contributed by atoms with E-state index in [0.717, 1.165) is 16.8 Å². The number of tetrazole rings is 1. The fourth-order valence-electron chi connectivity index (χ4n) is 3.47. The van der Waals surface area contributed by atoms with Crippen molar-refractivity contribution in [1.82, 2.24) is 24.5 Å². The van der Waals surface area contributed by atoms with Crippen molar-refractivity contribution in [3.63, 3.8) is 0 Å². The van der Waals surface area contributed by atoms with E-state index in [4.69, 9.17) is 0 Å². The fourth-order valence-corrected chi connectivity index (χ4v) is 5.10. The van der Waals surface area contributed by atoms with Crippen molar-refractivity contribution in [2.75, 3.05) is 31.1 Å². The normalized spacial score (nSPS) is 15.7. The molecule has 2 heterocycles. The molecule has 0 unspecified atom stereocenters. The number of sulfonamides is 1. The Morgan fingerprint density at radius 2 is 1.64 bits per heavy atom. The number of benzene rings is 2. The quantitative estimate of drug-likeness (QED) is 0.666. The Kier molecular flexibility index (Phi) is 4.86. The molecular weight excluding hydrogens is 376 g/mol. The van der Waals surface area contributed by atoms with Crippen molar-refractivity contribution in [3.8, 4) is 5.69 Å². The fraction of sp³-hybridized carbons (Fsp3) is 0.316. The van der Waals surface area contributed by atoms with Crippen LogP contribution in [0.15, 0.2) is 53.4 Å². The van der Waals surface area contributed by atoms with Gasteiger partial charge in [-0.2, -0.15) is 8.99 Å². The van der Waals surface area contributed by atoms with E-state index in [0.29, 0.717) is 37.0 Å². The van der Waals surface area contributed by atoms with E-state index in [1.54, 1.807) is 10.7 Å². The van der Waals surface area contributed by atoms with Gasteiger partial charge in [0.25, 0.3) is 0 Å². The number of para-hydroxylation sites is 1. The molecule has 0 spiro atoms. The minimum Gasteiger partial charge on any atom is -0.337 e. The first kappa shape index (κ1) is 18.6. The molecule has 1 aromatic heterocycles. The second kappa shape index (κ2) is 7.33. The molecule has 0 saturated carbocycles. The topological polar surface area (TPSA) is 84.2 Å². The first-order valence-corrected chi connectivity index (χ1v) is 10.6. The number of aryl methyl sites for hydroxylation is 2. The Morgan fingerprint density at radius 3 is 2.32 bits per heavy atom. The predicted octanol–water partition coefficient (Wildman–Crippen LogP) is 1.79. The van der Waals surface area contributed by atoms with Gasteiger partial charge in [-0.15, -0.1) is 0 Å². The first-order valence-electron chi connectivity index (χ1n) is 9.13. The monoisotopic (exact) mass is 398 g/mol. The molecule has 8 nitrogen and oxygen atoms in total. The summed E-state index contributed by atoms with van der Waals surface area (Å²) >= 11 is 0. The van der Waals surface area contributed by atoms with E-state index in [2.05, 4.69) is 15.5 Å². The molecule has 3 aromatic rings. The van der Waals surface area contributed by atoms with E-state index in [-0.39, 0.29) is 0 Å². The van der Waals surface area contributed by atoms with Crippen molar-refractivity contribution >= 4 is 16.0 Å². The van der Waals surface area contributed by atoms with Crippen LogP contribution in [0.4, 0.5) is 5.95 Å². The Hall–Kier alpha value is -2.78. The van der Waals surface area contributed by atoms with E-state index in [1.165, 1.54) is 4.31 Å². The summed E-state index contributed by atoms with van der Waals surface area (Å²) in [7, 11) is -3.52. The molecule has 0 aliphatic carbocycles. The maximum absolute atomic E-state index is 13.1. The summed E-state index contributed by atoms with van der Waals surface area (Å²) < 4.78 is 29.3. The van der Waals surface area contributed by atoms with Crippen LogP contribution in [0.1, 0.15) is 11.1 Å². The van der Waals surface area contributed by atoms with Crippen LogP contribution in [0.5, 0.6) is 0 Å². The van der Waals surface area contributed by atoms with Crippen LogP contribution >= 0.6 is 0 Å². The van der Waals surface area contributed by atoms with Gasteiger partial charge in [-0.1, -0.05) is 41.0 Å². The lowest BCUT2D eigenvalue weighted by atomic mass is 10.2. The lowest BCUT2D eigenvalue weighted by Gasteiger charge is -2.34.